The average Bonchev–Trinajstić information content (AvgIpc) is 2.16. The smallest absolute Gasteiger partial charge is 0.310 e. The molecule has 0 aliphatic heterocycles. The van der Waals surface area contributed by atoms with Crippen LogP contribution in [-0.2, 0) is 8.23 Å². The third-order valence-corrected chi connectivity index (χ3v) is 21.4. The fourth-order valence-electron chi connectivity index (χ4n) is 3.65. The first kappa shape index (κ1) is 24.0. The maximum Gasteiger partial charge on any atom is 0.310 e. The lowest BCUT2D eigenvalue weighted by molar-refractivity contribution is 0.399. The summed E-state index contributed by atoms with van der Waals surface area (Å²) in [5, 5.41) is 0. The van der Waals surface area contributed by atoms with Crippen LogP contribution in [0.5, 0.6) is 0 Å². The van der Waals surface area contributed by atoms with Gasteiger partial charge in [-0.3, -0.25) is 0 Å². The predicted octanol–water partition coefficient (Wildman–Crippen LogP) is 5.27. The maximum atomic E-state index is 6.58. The minimum Gasteiger partial charge on any atom is -0.440 e. The van der Waals surface area contributed by atoms with E-state index in [1.807, 2.05) is 0 Å². The zero-order valence-corrected chi connectivity index (χ0v) is 23.1. The monoisotopic (exact) mass is 409 g/mol. The molecule has 3 nitrogen and oxygen atoms in total. The summed E-state index contributed by atoms with van der Waals surface area (Å²) in [6.07, 6.45) is 1.28. The normalized spacial score (nSPS) is 14.9. The molecule has 0 aliphatic carbocycles. The summed E-state index contributed by atoms with van der Waals surface area (Å²) in [5.41, 5.74) is 0. The molecule has 8 heteroatoms. The second kappa shape index (κ2) is 8.57. The van der Waals surface area contributed by atoms with Crippen LogP contribution in [0.15, 0.2) is 0 Å². The summed E-state index contributed by atoms with van der Waals surface area (Å²) in [6.45, 7) is 29.9. The molecule has 140 valence electrons. The van der Waals surface area contributed by atoms with Crippen molar-refractivity contribution >= 4 is 42.4 Å². The quantitative estimate of drug-likeness (QED) is 0.458. The molecule has 0 heterocycles. The van der Waals surface area contributed by atoms with Gasteiger partial charge in [-0.05, 0) is 58.3 Å². The molecule has 0 rings (SSSR count). The summed E-state index contributed by atoms with van der Waals surface area (Å²) in [4.78, 5) is 0. The lowest BCUT2D eigenvalue weighted by atomic mass is 10.5. The first-order valence-corrected chi connectivity index (χ1v) is 24.7. The number of hydrogen-bond acceptors (Lipinski definition) is 3. The van der Waals surface area contributed by atoms with Gasteiger partial charge in [0.25, 0.3) is 0 Å². The van der Waals surface area contributed by atoms with Crippen LogP contribution in [0.1, 0.15) is 6.42 Å². The first-order chi connectivity index (χ1) is 9.96. The van der Waals surface area contributed by atoms with Gasteiger partial charge in [-0.2, -0.15) is 0 Å². The largest absolute Gasteiger partial charge is 0.440 e. The Bertz CT molecular complexity index is 348. The lowest BCUT2D eigenvalue weighted by Gasteiger charge is -2.44. The summed E-state index contributed by atoms with van der Waals surface area (Å²) >= 11 is 0. The molecule has 0 aromatic rings. The highest BCUT2D eigenvalue weighted by Crippen LogP contribution is 2.24. The second-order valence-corrected chi connectivity index (χ2v) is 30.9. The summed E-state index contributed by atoms with van der Waals surface area (Å²) in [7, 11) is -7.02. The molecule has 23 heavy (non-hydrogen) atoms. The van der Waals surface area contributed by atoms with Crippen molar-refractivity contribution in [2.24, 2.45) is 0 Å². The van der Waals surface area contributed by atoms with Gasteiger partial charge < -0.3 is 12.5 Å². The Kier molecular flexibility index (Phi) is 8.92. The van der Waals surface area contributed by atoms with Crippen LogP contribution in [0.3, 0.4) is 0 Å². The van der Waals surface area contributed by atoms with E-state index >= 15 is 0 Å². The molecular formula is C15H43NO2Si5. The van der Waals surface area contributed by atoms with E-state index in [4.69, 9.17) is 8.23 Å². The topological polar surface area (TPSA) is 21.7 Å². The zero-order valence-electron chi connectivity index (χ0n) is 18.0. The number of nitrogens with zero attached hydrogens (tertiary/aromatic N) is 1. The minimum absolute atomic E-state index is 1.01. The van der Waals surface area contributed by atoms with Crippen molar-refractivity contribution in [2.45, 2.75) is 91.0 Å². The van der Waals surface area contributed by atoms with Crippen molar-refractivity contribution in [1.82, 2.24) is 4.23 Å². The van der Waals surface area contributed by atoms with E-state index in [0.29, 0.717) is 0 Å². The second-order valence-electron chi connectivity index (χ2n) is 10.0. The van der Waals surface area contributed by atoms with Crippen LogP contribution in [-0.4, -0.2) is 53.2 Å². The Hall–Kier alpha value is 0.964. The molecular weight excluding hydrogens is 367 g/mol. The van der Waals surface area contributed by atoms with E-state index < -0.39 is 42.4 Å². The fourth-order valence-corrected chi connectivity index (χ4v) is 25.3. The maximum absolute atomic E-state index is 6.58. The third kappa shape index (κ3) is 10.5. The predicted molar refractivity (Wildman–Crippen MR) is 119 cm³/mol. The minimum atomic E-state index is -1.93. The van der Waals surface area contributed by atoms with E-state index in [-0.39, 0.29) is 0 Å². The number of rotatable bonds is 10. The summed E-state index contributed by atoms with van der Waals surface area (Å²) in [6, 6.07) is 1.25. The average molecular weight is 410 g/mol. The third-order valence-electron chi connectivity index (χ3n) is 3.82. The van der Waals surface area contributed by atoms with Crippen molar-refractivity contribution in [2.75, 3.05) is 6.54 Å². The van der Waals surface area contributed by atoms with Crippen LogP contribution >= 0.6 is 0 Å². The molecule has 0 unspecified atom stereocenters. The Labute approximate surface area is 152 Å². The molecule has 0 bridgehead atoms. The van der Waals surface area contributed by atoms with Crippen LogP contribution < -0.4 is 0 Å². The molecule has 0 aliphatic rings. The van der Waals surface area contributed by atoms with Gasteiger partial charge in [0, 0.05) is 0 Å². The Morgan fingerprint density at radius 1 is 0.783 bits per heavy atom. The van der Waals surface area contributed by atoms with Crippen molar-refractivity contribution in [3.05, 3.63) is 0 Å². The van der Waals surface area contributed by atoms with Gasteiger partial charge in [-0.1, -0.05) is 39.3 Å². The van der Waals surface area contributed by atoms with Crippen LogP contribution in [0, 0.1) is 0 Å². The van der Waals surface area contributed by atoms with Crippen molar-refractivity contribution in [3.8, 4) is 0 Å². The number of hydrogen-bond donors (Lipinski definition) is 0. The molecule has 0 spiro atoms. The summed E-state index contributed by atoms with van der Waals surface area (Å²) < 4.78 is 15.7. The molecule has 0 saturated carbocycles. The van der Waals surface area contributed by atoms with Gasteiger partial charge in [0.1, 0.15) is 16.5 Å². The Morgan fingerprint density at radius 3 is 1.57 bits per heavy atom. The molecule has 0 aromatic heterocycles. The molecule has 0 atom stereocenters. The highest BCUT2D eigenvalue weighted by Gasteiger charge is 2.37. The standard InChI is InChI=1S/C15H43NO2Si5/c1-19(2)17-23(11,12)18-22(9,10)15-13-14-16(20(3,4)5)21(6,7)8/h19H,13-15H2,1-12H3. The van der Waals surface area contributed by atoms with Gasteiger partial charge in [0.15, 0.2) is 17.4 Å². The highest BCUT2D eigenvalue weighted by atomic mass is 28.5. The fraction of sp³-hybridized carbons (Fsp3) is 1.00. The van der Waals surface area contributed by atoms with Crippen molar-refractivity contribution in [1.29, 1.82) is 0 Å². The Morgan fingerprint density at radius 2 is 1.22 bits per heavy atom. The SMILES string of the molecule is C[SiH](C)O[Si](C)(C)O[Si](C)(C)CCCN([Si](C)(C)C)[Si](C)(C)C. The van der Waals surface area contributed by atoms with Crippen LogP contribution in [0.25, 0.3) is 0 Å². The van der Waals surface area contributed by atoms with Gasteiger partial charge in [-0.15, -0.1) is 0 Å². The molecule has 0 amide bonds. The van der Waals surface area contributed by atoms with Crippen LogP contribution in [0.2, 0.25) is 84.6 Å². The van der Waals surface area contributed by atoms with E-state index in [9.17, 15) is 0 Å². The molecule has 0 N–H and O–H groups in total. The van der Waals surface area contributed by atoms with E-state index in [1.54, 1.807) is 0 Å². The van der Waals surface area contributed by atoms with Crippen molar-refractivity contribution in [3.63, 3.8) is 0 Å². The van der Waals surface area contributed by atoms with E-state index in [0.717, 1.165) is 0 Å². The van der Waals surface area contributed by atoms with Gasteiger partial charge in [-0.25, -0.2) is 0 Å². The van der Waals surface area contributed by atoms with Gasteiger partial charge in [0.2, 0.25) is 0 Å². The van der Waals surface area contributed by atoms with Gasteiger partial charge >= 0.3 is 8.56 Å². The van der Waals surface area contributed by atoms with E-state index in [2.05, 4.69) is 82.8 Å². The molecule has 0 fully saturated rings. The van der Waals surface area contributed by atoms with E-state index in [1.165, 1.54) is 19.0 Å². The Balaban J connectivity index is 4.65. The lowest BCUT2D eigenvalue weighted by Crippen LogP contribution is -2.59. The molecule has 0 aromatic carbocycles. The van der Waals surface area contributed by atoms with Gasteiger partial charge in [0.05, 0.1) is 0 Å². The first-order valence-electron chi connectivity index (χ1n) is 9.12. The molecule has 0 saturated heterocycles. The van der Waals surface area contributed by atoms with Crippen LogP contribution in [0.4, 0.5) is 0 Å². The highest BCUT2D eigenvalue weighted by molar-refractivity contribution is 6.89. The molecule has 0 radical (unpaired) electrons. The zero-order chi connectivity index (χ0) is 18.7. The van der Waals surface area contributed by atoms with Crippen molar-refractivity contribution < 1.29 is 8.23 Å². The summed E-state index contributed by atoms with van der Waals surface area (Å²) in [5.74, 6) is 0.